The lowest BCUT2D eigenvalue weighted by Crippen LogP contribution is -2.52. The van der Waals surface area contributed by atoms with E-state index in [1.54, 1.807) is 18.7 Å². The molecular weight excluding hydrogens is 369 g/mol. The summed E-state index contributed by atoms with van der Waals surface area (Å²) in [7, 11) is 0. The maximum Gasteiger partial charge on any atom is 0.255 e. The summed E-state index contributed by atoms with van der Waals surface area (Å²) in [6, 6.07) is 8.46. The molecule has 28 heavy (non-hydrogen) atoms. The van der Waals surface area contributed by atoms with Crippen LogP contribution in [0, 0.1) is 23.4 Å². The summed E-state index contributed by atoms with van der Waals surface area (Å²) in [4.78, 5) is 27.1. The number of amides is 2. The van der Waals surface area contributed by atoms with Crippen LogP contribution in [0.2, 0.25) is 0 Å². The van der Waals surface area contributed by atoms with Gasteiger partial charge in [0, 0.05) is 13.1 Å². The third-order valence-corrected chi connectivity index (χ3v) is 4.94. The van der Waals surface area contributed by atoms with E-state index in [1.807, 2.05) is 24.3 Å². The Morgan fingerprint density at radius 3 is 2.36 bits per heavy atom. The molecule has 4 nitrogen and oxygen atoms in total. The van der Waals surface area contributed by atoms with Gasteiger partial charge in [0.15, 0.2) is 17.5 Å². The molecule has 1 heterocycles. The highest BCUT2D eigenvalue weighted by atomic mass is 19.2. The fraction of sp³-hybridized carbons (Fsp3) is 0.333. The first-order valence-electron chi connectivity index (χ1n) is 9.09. The van der Waals surface area contributed by atoms with E-state index in [2.05, 4.69) is 5.32 Å². The molecule has 2 aromatic rings. The van der Waals surface area contributed by atoms with Crippen LogP contribution in [0.3, 0.4) is 0 Å². The Kier molecular flexibility index (Phi) is 5.72. The van der Waals surface area contributed by atoms with Crippen molar-refractivity contribution in [3.05, 3.63) is 70.5 Å². The first-order chi connectivity index (χ1) is 13.3. The minimum absolute atomic E-state index is 0.276. The van der Waals surface area contributed by atoms with Gasteiger partial charge in [-0.1, -0.05) is 38.1 Å². The minimum atomic E-state index is -1.72. The molecule has 0 fully saturated rings. The minimum Gasteiger partial charge on any atom is -0.340 e. The zero-order chi connectivity index (χ0) is 20.4. The highest BCUT2D eigenvalue weighted by Crippen LogP contribution is 2.21. The molecule has 0 radical (unpaired) electrons. The average molecular weight is 390 g/mol. The molecular formula is C21H21F3N2O2. The Hall–Kier alpha value is -2.83. The van der Waals surface area contributed by atoms with Gasteiger partial charge in [-0.25, -0.2) is 13.2 Å². The maximum atomic E-state index is 13.9. The average Bonchev–Trinajstić information content (AvgIpc) is 2.69. The Balaban J connectivity index is 1.78. The van der Waals surface area contributed by atoms with Crippen LogP contribution in [0.4, 0.5) is 13.2 Å². The maximum absolute atomic E-state index is 13.9. The van der Waals surface area contributed by atoms with E-state index < -0.39 is 35.0 Å². The molecule has 148 valence electrons. The lowest BCUT2D eigenvalue weighted by molar-refractivity contribution is -0.135. The Morgan fingerprint density at radius 2 is 1.68 bits per heavy atom. The van der Waals surface area contributed by atoms with Gasteiger partial charge in [-0.05, 0) is 35.6 Å². The number of hydrogen-bond donors (Lipinski definition) is 1. The van der Waals surface area contributed by atoms with E-state index in [0.717, 1.165) is 11.6 Å². The fourth-order valence-corrected chi connectivity index (χ4v) is 3.31. The van der Waals surface area contributed by atoms with Crippen molar-refractivity contribution in [2.24, 2.45) is 5.92 Å². The van der Waals surface area contributed by atoms with Crippen molar-refractivity contribution < 1.29 is 22.8 Å². The molecule has 3 rings (SSSR count). The van der Waals surface area contributed by atoms with E-state index in [0.29, 0.717) is 25.6 Å². The number of rotatable bonds is 4. The van der Waals surface area contributed by atoms with Gasteiger partial charge in [-0.3, -0.25) is 9.59 Å². The number of hydrogen-bond acceptors (Lipinski definition) is 2. The summed E-state index contributed by atoms with van der Waals surface area (Å²) in [6.07, 6.45) is 0.707. The quantitative estimate of drug-likeness (QED) is 0.813. The molecule has 0 saturated heterocycles. The second kappa shape index (κ2) is 8.04. The number of nitrogens with zero attached hydrogens (tertiary/aromatic N) is 1. The smallest absolute Gasteiger partial charge is 0.255 e. The Labute approximate surface area is 161 Å². The van der Waals surface area contributed by atoms with Crippen LogP contribution >= 0.6 is 0 Å². The van der Waals surface area contributed by atoms with Crippen LogP contribution in [0.25, 0.3) is 0 Å². The van der Waals surface area contributed by atoms with Gasteiger partial charge in [0.2, 0.25) is 5.91 Å². The van der Waals surface area contributed by atoms with Crippen LogP contribution in [-0.4, -0.2) is 29.3 Å². The molecule has 1 N–H and O–H groups in total. The fourth-order valence-electron chi connectivity index (χ4n) is 3.31. The molecule has 0 aromatic heterocycles. The van der Waals surface area contributed by atoms with Crippen LogP contribution in [0.15, 0.2) is 36.4 Å². The molecule has 2 amide bonds. The summed E-state index contributed by atoms with van der Waals surface area (Å²) >= 11 is 0. The topological polar surface area (TPSA) is 49.4 Å². The molecule has 0 bridgehead atoms. The van der Waals surface area contributed by atoms with Crippen LogP contribution in [-0.2, 0) is 17.8 Å². The number of carbonyl (C=O) groups excluding carboxylic acids is 2. The predicted molar refractivity (Wildman–Crippen MR) is 98.0 cm³/mol. The highest BCUT2D eigenvalue weighted by Gasteiger charge is 2.31. The van der Waals surface area contributed by atoms with E-state index in [-0.39, 0.29) is 11.8 Å². The Bertz CT molecular complexity index is 915. The number of nitrogens with one attached hydrogen (secondary N) is 1. The van der Waals surface area contributed by atoms with Gasteiger partial charge < -0.3 is 10.2 Å². The molecule has 1 atom stereocenters. The lowest BCUT2D eigenvalue weighted by Gasteiger charge is -2.33. The largest absolute Gasteiger partial charge is 0.340 e. The van der Waals surface area contributed by atoms with E-state index in [4.69, 9.17) is 0 Å². The zero-order valence-electron chi connectivity index (χ0n) is 15.6. The van der Waals surface area contributed by atoms with Crippen LogP contribution in [0.1, 0.15) is 35.3 Å². The zero-order valence-corrected chi connectivity index (χ0v) is 15.6. The molecule has 0 aliphatic carbocycles. The number of benzene rings is 2. The first-order valence-corrected chi connectivity index (χ1v) is 9.09. The lowest BCUT2D eigenvalue weighted by atomic mass is 9.97. The van der Waals surface area contributed by atoms with Crippen molar-refractivity contribution >= 4 is 11.8 Å². The molecule has 2 aromatic carbocycles. The van der Waals surface area contributed by atoms with Gasteiger partial charge in [-0.15, -0.1) is 0 Å². The summed E-state index contributed by atoms with van der Waals surface area (Å²) in [5, 5.41) is 2.48. The summed E-state index contributed by atoms with van der Waals surface area (Å²) in [5.74, 6) is -6.19. The van der Waals surface area contributed by atoms with Crippen molar-refractivity contribution in [3.8, 4) is 0 Å². The van der Waals surface area contributed by atoms with E-state index >= 15 is 0 Å². The molecule has 0 unspecified atom stereocenters. The second-order valence-electron chi connectivity index (χ2n) is 7.20. The summed E-state index contributed by atoms with van der Waals surface area (Å²) < 4.78 is 40.4. The third kappa shape index (κ3) is 3.88. The number of fused-ring (bicyclic) bond motifs is 1. The van der Waals surface area contributed by atoms with E-state index in [9.17, 15) is 22.8 Å². The van der Waals surface area contributed by atoms with E-state index in [1.165, 1.54) is 5.56 Å². The van der Waals surface area contributed by atoms with Gasteiger partial charge in [0.05, 0.1) is 5.56 Å². The standard InChI is InChI=1S/C21H21F3N2O2/c1-12(2)19(25-20(27)15-7-8-16(22)18(24)17(15)23)21(28)26-10-9-13-5-3-4-6-14(13)11-26/h3-8,12,19H,9-11H2,1-2H3,(H,25,27)/t19-/m0/s1. The highest BCUT2D eigenvalue weighted by molar-refractivity contribution is 5.97. The monoisotopic (exact) mass is 390 g/mol. The van der Waals surface area contributed by atoms with Crippen molar-refractivity contribution in [3.63, 3.8) is 0 Å². The van der Waals surface area contributed by atoms with Crippen molar-refractivity contribution in [1.29, 1.82) is 0 Å². The van der Waals surface area contributed by atoms with Gasteiger partial charge in [-0.2, -0.15) is 0 Å². The Morgan fingerprint density at radius 1 is 1.00 bits per heavy atom. The second-order valence-corrected chi connectivity index (χ2v) is 7.20. The molecule has 0 spiro atoms. The van der Waals surface area contributed by atoms with Crippen LogP contribution < -0.4 is 5.32 Å². The number of carbonyl (C=O) groups is 2. The van der Waals surface area contributed by atoms with Crippen molar-refractivity contribution in [2.45, 2.75) is 32.9 Å². The molecule has 1 aliphatic heterocycles. The normalized spacial score (nSPS) is 14.6. The first kappa shape index (κ1) is 19.9. The summed E-state index contributed by atoms with van der Waals surface area (Å²) in [6.45, 7) is 4.44. The van der Waals surface area contributed by atoms with Crippen LogP contribution in [0.5, 0.6) is 0 Å². The molecule has 0 saturated carbocycles. The third-order valence-electron chi connectivity index (χ3n) is 4.94. The molecule has 1 aliphatic rings. The summed E-state index contributed by atoms with van der Waals surface area (Å²) in [5.41, 5.74) is 1.59. The van der Waals surface area contributed by atoms with Gasteiger partial charge in [0.1, 0.15) is 6.04 Å². The van der Waals surface area contributed by atoms with Crippen molar-refractivity contribution in [2.75, 3.05) is 6.54 Å². The van der Waals surface area contributed by atoms with Crippen molar-refractivity contribution in [1.82, 2.24) is 10.2 Å². The molecule has 7 heteroatoms. The van der Waals surface area contributed by atoms with Gasteiger partial charge in [0.25, 0.3) is 5.91 Å². The predicted octanol–water partition coefficient (Wildman–Crippen LogP) is 3.44. The van der Waals surface area contributed by atoms with Gasteiger partial charge >= 0.3 is 0 Å². The SMILES string of the molecule is CC(C)[C@H](NC(=O)c1ccc(F)c(F)c1F)C(=O)N1CCc2ccccc2C1. The number of halogens is 3.